The Bertz CT molecular complexity index is 615. The Morgan fingerprint density at radius 2 is 2.08 bits per heavy atom. The number of nitrogens with zero attached hydrogens (tertiary/aromatic N) is 2. The third-order valence-corrected chi connectivity index (χ3v) is 6.19. The average molecular weight is 328 g/mol. The highest BCUT2D eigenvalue weighted by molar-refractivity contribution is 5.78. The van der Waals surface area contributed by atoms with Gasteiger partial charge in [-0.15, -0.1) is 5.53 Å². The van der Waals surface area contributed by atoms with Gasteiger partial charge < -0.3 is 10.3 Å². The van der Waals surface area contributed by atoms with Gasteiger partial charge in [0.25, 0.3) is 0 Å². The van der Waals surface area contributed by atoms with Crippen LogP contribution < -0.4 is 16.0 Å². The average Bonchev–Trinajstić information content (AvgIpc) is 3.01. The van der Waals surface area contributed by atoms with Crippen molar-refractivity contribution in [2.75, 3.05) is 23.5 Å². The van der Waals surface area contributed by atoms with Gasteiger partial charge in [-0.25, -0.2) is 0 Å². The van der Waals surface area contributed by atoms with Crippen molar-refractivity contribution < 1.29 is 4.79 Å². The number of rotatable bonds is 3. The lowest BCUT2D eigenvalue weighted by molar-refractivity contribution is -0.141. The van der Waals surface area contributed by atoms with Crippen molar-refractivity contribution in [3.05, 3.63) is 24.3 Å². The second-order valence-corrected chi connectivity index (χ2v) is 7.76. The fraction of sp³-hybridized carbons (Fsp3) is 0.632. The molecule has 4 rings (SSSR count). The van der Waals surface area contributed by atoms with Crippen LogP contribution in [0, 0.1) is 5.41 Å². The Labute approximate surface area is 144 Å². The molecule has 2 heterocycles. The molecule has 0 radical (unpaired) electrons. The fourth-order valence-corrected chi connectivity index (χ4v) is 4.84. The van der Waals surface area contributed by atoms with E-state index in [0.29, 0.717) is 30.3 Å². The van der Waals surface area contributed by atoms with Crippen LogP contribution in [0.4, 0.5) is 11.4 Å². The second kappa shape index (κ2) is 6.28. The van der Waals surface area contributed by atoms with Crippen molar-refractivity contribution in [2.45, 2.75) is 57.9 Å². The number of nitrogens with one attached hydrogen (secondary N) is 2. The minimum atomic E-state index is 0.319. The summed E-state index contributed by atoms with van der Waals surface area (Å²) in [5, 5.41) is 2.04. The van der Waals surface area contributed by atoms with Crippen molar-refractivity contribution >= 4 is 17.3 Å². The van der Waals surface area contributed by atoms with E-state index < -0.39 is 0 Å². The predicted molar refractivity (Wildman–Crippen MR) is 96.5 cm³/mol. The van der Waals surface area contributed by atoms with Crippen molar-refractivity contribution in [1.82, 2.24) is 10.4 Å². The number of piperidine rings is 1. The Morgan fingerprint density at radius 3 is 3.00 bits per heavy atom. The number of para-hydroxylation sites is 2. The number of likely N-dealkylation sites (tertiary alicyclic amines) is 1. The van der Waals surface area contributed by atoms with Gasteiger partial charge in [0.1, 0.15) is 0 Å². The highest BCUT2D eigenvalue weighted by atomic mass is 16.2. The molecule has 1 saturated carbocycles. The SMILES string of the molecule is CC12CCCCC1N(C(=O)CCN1NNc3ccccc31)CCC2. The van der Waals surface area contributed by atoms with Gasteiger partial charge in [-0.3, -0.25) is 9.80 Å². The van der Waals surface area contributed by atoms with Crippen LogP contribution in [0.5, 0.6) is 0 Å². The van der Waals surface area contributed by atoms with Gasteiger partial charge in [0, 0.05) is 25.6 Å². The molecule has 1 amide bonds. The van der Waals surface area contributed by atoms with E-state index in [1.807, 2.05) is 23.2 Å². The molecule has 1 aromatic carbocycles. The molecule has 2 atom stereocenters. The molecule has 3 aliphatic rings. The van der Waals surface area contributed by atoms with E-state index in [2.05, 4.69) is 28.9 Å². The van der Waals surface area contributed by atoms with Gasteiger partial charge in [0.2, 0.25) is 5.91 Å². The Balaban J connectivity index is 1.40. The minimum Gasteiger partial charge on any atom is -0.339 e. The summed E-state index contributed by atoms with van der Waals surface area (Å²) >= 11 is 0. The summed E-state index contributed by atoms with van der Waals surface area (Å²) in [4.78, 5) is 15.1. The fourth-order valence-electron chi connectivity index (χ4n) is 4.84. The molecule has 5 heteroatoms. The van der Waals surface area contributed by atoms with Gasteiger partial charge in [0.15, 0.2) is 0 Å². The molecular weight excluding hydrogens is 300 g/mol. The summed E-state index contributed by atoms with van der Waals surface area (Å²) in [7, 11) is 0. The second-order valence-electron chi connectivity index (χ2n) is 7.76. The molecule has 0 aromatic heterocycles. The summed E-state index contributed by atoms with van der Waals surface area (Å²) in [6, 6.07) is 8.62. The van der Waals surface area contributed by atoms with E-state index in [9.17, 15) is 4.79 Å². The first-order chi connectivity index (χ1) is 11.7. The lowest BCUT2D eigenvalue weighted by Gasteiger charge is -2.51. The number of amides is 1. The topological polar surface area (TPSA) is 47.6 Å². The Kier molecular flexibility index (Phi) is 4.12. The minimum absolute atomic E-state index is 0.319. The van der Waals surface area contributed by atoms with Crippen LogP contribution in [0.1, 0.15) is 51.9 Å². The number of fused-ring (bicyclic) bond motifs is 2. The van der Waals surface area contributed by atoms with E-state index in [0.717, 1.165) is 24.3 Å². The maximum absolute atomic E-state index is 12.9. The monoisotopic (exact) mass is 328 g/mol. The van der Waals surface area contributed by atoms with Crippen LogP contribution in [-0.2, 0) is 4.79 Å². The van der Waals surface area contributed by atoms with Crippen LogP contribution in [0.3, 0.4) is 0 Å². The first-order valence-corrected chi connectivity index (χ1v) is 9.35. The highest BCUT2D eigenvalue weighted by Gasteiger charge is 2.43. The lowest BCUT2D eigenvalue weighted by Crippen LogP contribution is -2.55. The maximum atomic E-state index is 12.9. The number of carbonyl (C=O) groups excluding carboxylic acids is 1. The van der Waals surface area contributed by atoms with Gasteiger partial charge in [-0.2, -0.15) is 0 Å². The zero-order valence-corrected chi connectivity index (χ0v) is 14.6. The molecular formula is C19H28N4O. The number of carbonyl (C=O) groups is 1. The number of anilines is 2. The third kappa shape index (κ3) is 2.75. The summed E-state index contributed by atoms with van der Waals surface area (Å²) in [5.41, 5.74) is 8.86. The van der Waals surface area contributed by atoms with E-state index in [-0.39, 0.29) is 0 Å². The van der Waals surface area contributed by atoms with Gasteiger partial charge >= 0.3 is 0 Å². The summed E-state index contributed by atoms with van der Waals surface area (Å²) in [5.74, 6) is 0.319. The molecule has 1 aliphatic carbocycles. The Hall–Kier alpha value is -1.75. The smallest absolute Gasteiger partial charge is 0.224 e. The predicted octanol–water partition coefficient (Wildman–Crippen LogP) is 3.30. The van der Waals surface area contributed by atoms with Crippen molar-refractivity contribution in [3.63, 3.8) is 0 Å². The third-order valence-electron chi connectivity index (χ3n) is 6.19. The van der Waals surface area contributed by atoms with E-state index in [1.165, 1.54) is 32.1 Å². The quantitative estimate of drug-likeness (QED) is 0.894. The zero-order valence-electron chi connectivity index (χ0n) is 14.6. The first kappa shape index (κ1) is 15.8. The van der Waals surface area contributed by atoms with Crippen molar-refractivity contribution in [3.8, 4) is 0 Å². The van der Waals surface area contributed by atoms with Gasteiger partial charge in [-0.1, -0.05) is 31.9 Å². The summed E-state index contributed by atoms with van der Waals surface area (Å²) in [6.07, 6.45) is 8.08. The molecule has 0 bridgehead atoms. The van der Waals surface area contributed by atoms with Crippen LogP contribution in [0.15, 0.2) is 24.3 Å². The summed E-state index contributed by atoms with van der Waals surface area (Å²) < 4.78 is 0. The number of hydrogen-bond acceptors (Lipinski definition) is 4. The lowest BCUT2D eigenvalue weighted by atomic mass is 9.66. The largest absolute Gasteiger partial charge is 0.339 e. The van der Waals surface area contributed by atoms with Crippen LogP contribution in [-0.4, -0.2) is 29.9 Å². The van der Waals surface area contributed by atoms with Gasteiger partial charge in [-0.05, 0) is 43.2 Å². The van der Waals surface area contributed by atoms with Gasteiger partial charge in [0.05, 0.1) is 11.4 Å². The van der Waals surface area contributed by atoms with Crippen LogP contribution in [0.25, 0.3) is 0 Å². The standard InChI is InChI=1S/C19H28N4O/c1-19-11-5-4-9-17(19)22(13-6-12-19)18(24)10-14-23-16-8-3-2-7-15(16)20-21-23/h2-3,7-8,17,20-21H,4-6,9-14H2,1H3. The van der Waals surface area contributed by atoms with E-state index in [4.69, 9.17) is 0 Å². The normalized spacial score (nSPS) is 29.0. The highest BCUT2D eigenvalue weighted by Crippen LogP contribution is 2.45. The van der Waals surface area contributed by atoms with Crippen molar-refractivity contribution in [2.24, 2.45) is 5.41 Å². The number of benzene rings is 1. The zero-order chi connectivity index (χ0) is 16.6. The van der Waals surface area contributed by atoms with Crippen LogP contribution in [0.2, 0.25) is 0 Å². The molecule has 130 valence electrons. The molecule has 1 saturated heterocycles. The molecule has 0 spiro atoms. The molecule has 2 N–H and O–H groups in total. The number of hydrazine groups is 2. The molecule has 2 unspecified atom stereocenters. The molecule has 1 aromatic rings. The molecule has 5 nitrogen and oxygen atoms in total. The first-order valence-electron chi connectivity index (χ1n) is 9.35. The van der Waals surface area contributed by atoms with Crippen molar-refractivity contribution in [1.29, 1.82) is 0 Å². The number of hydrogen-bond donors (Lipinski definition) is 2. The van der Waals surface area contributed by atoms with Crippen LogP contribution >= 0.6 is 0 Å². The van der Waals surface area contributed by atoms with E-state index in [1.54, 1.807) is 0 Å². The van der Waals surface area contributed by atoms with E-state index >= 15 is 0 Å². The maximum Gasteiger partial charge on any atom is 0.224 e. The summed E-state index contributed by atoms with van der Waals surface area (Å²) in [6.45, 7) is 4.04. The molecule has 2 aliphatic heterocycles. The molecule has 2 fully saturated rings. The Morgan fingerprint density at radius 1 is 1.25 bits per heavy atom. The molecule has 24 heavy (non-hydrogen) atoms.